The van der Waals surface area contributed by atoms with Gasteiger partial charge in [0.05, 0.1) is 10.6 Å². The molecular formula is C11H16BrNO2S. The van der Waals surface area contributed by atoms with E-state index in [1.807, 2.05) is 6.92 Å². The topological polar surface area (TPSA) is 60.2 Å². The standard InChI is InChI=1S/C11H16BrNO2S/c1-9(13)5-4-8-16(14,15)11-7-3-2-6-10(11)12/h2-3,6-7,9H,4-5,8,13H2,1H3. The molecule has 0 aliphatic rings. The Morgan fingerprint density at radius 1 is 1.38 bits per heavy atom. The smallest absolute Gasteiger partial charge is 0.179 e. The predicted molar refractivity (Wildman–Crippen MR) is 69.1 cm³/mol. The average Bonchev–Trinajstić information content (AvgIpc) is 2.17. The van der Waals surface area contributed by atoms with Crippen molar-refractivity contribution in [1.29, 1.82) is 0 Å². The van der Waals surface area contributed by atoms with E-state index in [0.717, 1.165) is 6.42 Å². The highest BCUT2D eigenvalue weighted by Gasteiger charge is 2.16. The van der Waals surface area contributed by atoms with Gasteiger partial charge in [-0.1, -0.05) is 12.1 Å². The van der Waals surface area contributed by atoms with Crippen molar-refractivity contribution < 1.29 is 8.42 Å². The Morgan fingerprint density at radius 2 is 2.00 bits per heavy atom. The Balaban J connectivity index is 2.75. The van der Waals surface area contributed by atoms with Crippen LogP contribution in [0.3, 0.4) is 0 Å². The van der Waals surface area contributed by atoms with E-state index < -0.39 is 9.84 Å². The molecule has 0 heterocycles. The Kier molecular flexibility index (Phi) is 4.95. The van der Waals surface area contributed by atoms with Gasteiger partial charge in [0.25, 0.3) is 0 Å². The van der Waals surface area contributed by atoms with Crippen molar-refractivity contribution >= 4 is 25.8 Å². The summed E-state index contributed by atoms with van der Waals surface area (Å²) in [6.07, 6.45) is 1.32. The number of hydrogen-bond donors (Lipinski definition) is 1. The molecule has 0 amide bonds. The van der Waals surface area contributed by atoms with Crippen LogP contribution in [-0.2, 0) is 9.84 Å². The van der Waals surface area contributed by atoms with Crippen molar-refractivity contribution in [2.24, 2.45) is 5.73 Å². The SMILES string of the molecule is CC(N)CCCS(=O)(=O)c1ccccc1Br. The molecule has 1 unspecified atom stereocenters. The summed E-state index contributed by atoms with van der Waals surface area (Å²) in [5.74, 6) is 0.150. The summed E-state index contributed by atoms with van der Waals surface area (Å²) in [7, 11) is -3.19. The summed E-state index contributed by atoms with van der Waals surface area (Å²) in [6, 6.07) is 6.92. The van der Waals surface area contributed by atoms with Crippen LogP contribution in [-0.4, -0.2) is 20.2 Å². The van der Waals surface area contributed by atoms with Crippen LogP contribution in [0.1, 0.15) is 19.8 Å². The summed E-state index contributed by atoms with van der Waals surface area (Å²) >= 11 is 3.25. The molecule has 0 radical (unpaired) electrons. The van der Waals surface area contributed by atoms with Gasteiger partial charge in [0.1, 0.15) is 0 Å². The molecule has 0 saturated heterocycles. The summed E-state index contributed by atoms with van der Waals surface area (Å²) in [4.78, 5) is 0.361. The summed E-state index contributed by atoms with van der Waals surface area (Å²) in [5.41, 5.74) is 5.59. The van der Waals surface area contributed by atoms with E-state index in [1.54, 1.807) is 24.3 Å². The van der Waals surface area contributed by atoms with E-state index in [0.29, 0.717) is 15.8 Å². The lowest BCUT2D eigenvalue weighted by Gasteiger charge is -2.07. The van der Waals surface area contributed by atoms with Crippen molar-refractivity contribution in [2.75, 3.05) is 5.75 Å². The summed E-state index contributed by atoms with van der Waals surface area (Å²) in [5, 5.41) is 0. The van der Waals surface area contributed by atoms with Gasteiger partial charge in [0, 0.05) is 10.5 Å². The lowest BCUT2D eigenvalue weighted by molar-refractivity contribution is 0.585. The third kappa shape index (κ3) is 3.88. The lowest BCUT2D eigenvalue weighted by Crippen LogP contribution is -2.17. The fourth-order valence-electron chi connectivity index (χ4n) is 1.40. The minimum absolute atomic E-state index is 0.0504. The fraction of sp³-hybridized carbons (Fsp3) is 0.455. The van der Waals surface area contributed by atoms with E-state index in [4.69, 9.17) is 5.73 Å². The van der Waals surface area contributed by atoms with Gasteiger partial charge in [0.15, 0.2) is 9.84 Å². The molecule has 0 saturated carbocycles. The molecule has 5 heteroatoms. The Morgan fingerprint density at radius 3 is 2.56 bits per heavy atom. The lowest BCUT2D eigenvalue weighted by atomic mass is 10.2. The normalized spacial score (nSPS) is 13.7. The molecule has 0 bridgehead atoms. The van der Waals surface area contributed by atoms with Gasteiger partial charge in [-0.05, 0) is 47.8 Å². The van der Waals surface area contributed by atoms with Crippen molar-refractivity contribution in [3.63, 3.8) is 0 Å². The second-order valence-electron chi connectivity index (χ2n) is 3.87. The van der Waals surface area contributed by atoms with E-state index in [-0.39, 0.29) is 11.8 Å². The first-order chi connectivity index (χ1) is 7.43. The van der Waals surface area contributed by atoms with Crippen LogP contribution in [0, 0.1) is 0 Å². The van der Waals surface area contributed by atoms with Crippen molar-refractivity contribution in [3.05, 3.63) is 28.7 Å². The molecule has 16 heavy (non-hydrogen) atoms. The number of halogens is 1. The minimum atomic E-state index is -3.19. The maximum absolute atomic E-state index is 12.0. The molecule has 1 aromatic rings. The van der Waals surface area contributed by atoms with Gasteiger partial charge >= 0.3 is 0 Å². The highest BCUT2D eigenvalue weighted by molar-refractivity contribution is 9.10. The molecule has 1 rings (SSSR count). The van der Waals surface area contributed by atoms with E-state index in [1.165, 1.54) is 0 Å². The summed E-state index contributed by atoms with van der Waals surface area (Å²) in [6.45, 7) is 1.88. The van der Waals surface area contributed by atoms with Crippen LogP contribution in [0.15, 0.2) is 33.6 Å². The molecule has 0 fully saturated rings. The highest BCUT2D eigenvalue weighted by atomic mass is 79.9. The molecule has 0 spiro atoms. The van der Waals surface area contributed by atoms with Gasteiger partial charge in [-0.2, -0.15) is 0 Å². The summed E-state index contributed by atoms with van der Waals surface area (Å²) < 4.78 is 24.5. The number of rotatable bonds is 5. The maximum Gasteiger partial charge on any atom is 0.179 e. The zero-order valence-corrected chi connectivity index (χ0v) is 11.6. The number of benzene rings is 1. The second kappa shape index (κ2) is 5.80. The first-order valence-corrected chi connectivity index (χ1v) is 7.61. The first kappa shape index (κ1) is 13.7. The van der Waals surface area contributed by atoms with Gasteiger partial charge < -0.3 is 5.73 Å². The Hall–Kier alpha value is -0.390. The van der Waals surface area contributed by atoms with Crippen LogP contribution in [0.2, 0.25) is 0 Å². The molecule has 0 aliphatic heterocycles. The van der Waals surface area contributed by atoms with Crippen molar-refractivity contribution in [1.82, 2.24) is 0 Å². The molecule has 1 aromatic carbocycles. The predicted octanol–water partition coefficient (Wildman–Crippen LogP) is 2.35. The fourth-order valence-corrected chi connectivity index (χ4v) is 3.84. The van der Waals surface area contributed by atoms with E-state index in [2.05, 4.69) is 15.9 Å². The number of sulfone groups is 1. The van der Waals surface area contributed by atoms with Crippen LogP contribution in [0.25, 0.3) is 0 Å². The Labute approximate surface area is 105 Å². The van der Waals surface area contributed by atoms with Gasteiger partial charge in [-0.3, -0.25) is 0 Å². The monoisotopic (exact) mass is 305 g/mol. The second-order valence-corrected chi connectivity index (χ2v) is 6.80. The molecule has 90 valence electrons. The molecule has 1 atom stereocenters. The molecule has 2 N–H and O–H groups in total. The number of hydrogen-bond acceptors (Lipinski definition) is 3. The minimum Gasteiger partial charge on any atom is -0.328 e. The zero-order chi connectivity index (χ0) is 12.2. The largest absolute Gasteiger partial charge is 0.328 e. The average molecular weight is 306 g/mol. The van der Waals surface area contributed by atoms with Crippen molar-refractivity contribution in [3.8, 4) is 0 Å². The Bertz CT molecular complexity index is 443. The van der Waals surface area contributed by atoms with E-state index >= 15 is 0 Å². The molecular weight excluding hydrogens is 290 g/mol. The molecule has 0 aromatic heterocycles. The van der Waals surface area contributed by atoms with Crippen LogP contribution >= 0.6 is 15.9 Å². The molecule has 3 nitrogen and oxygen atoms in total. The zero-order valence-electron chi connectivity index (χ0n) is 9.19. The van der Waals surface area contributed by atoms with Crippen LogP contribution < -0.4 is 5.73 Å². The van der Waals surface area contributed by atoms with E-state index in [9.17, 15) is 8.42 Å². The molecule has 0 aliphatic carbocycles. The van der Waals surface area contributed by atoms with Crippen LogP contribution in [0.4, 0.5) is 0 Å². The maximum atomic E-state index is 12.0. The van der Waals surface area contributed by atoms with Crippen molar-refractivity contribution in [2.45, 2.75) is 30.7 Å². The third-order valence-electron chi connectivity index (χ3n) is 2.24. The van der Waals surface area contributed by atoms with Gasteiger partial charge in [0.2, 0.25) is 0 Å². The third-order valence-corrected chi connectivity index (χ3v) is 5.05. The van der Waals surface area contributed by atoms with Gasteiger partial charge in [-0.25, -0.2) is 8.42 Å². The first-order valence-electron chi connectivity index (χ1n) is 5.16. The van der Waals surface area contributed by atoms with Gasteiger partial charge in [-0.15, -0.1) is 0 Å². The number of nitrogens with two attached hydrogens (primary N) is 1. The highest BCUT2D eigenvalue weighted by Crippen LogP contribution is 2.22. The quantitative estimate of drug-likeness (QED) is 0.908. The van der Waals surface area contributed by atoms with Crippen LogP contribution in [0.5, 0.6) is 0 Å².